The molecule has 0 rings (SSSR count). The molecule has 0 saturated heterocycles. The van der Waals surface area contributed by atoms with Crippen LogP contribution in [-0.2, 0) is 19.1 Å². The number of carboxylic acids is 2. The number of carbonyl (C=O) groups excluding carboxylic acids is 3. The molecule has 0 saturated carbocycles. The molecular formula is C9H13MgNO6. The van der Waals surface area contributed by atoms with Crippen LogP contribution >= 0.6 is 0 Å². The van der Waals surface area contributed by atoms with Crippen molar-refractivity contribution in [2.24, 2.45) is 5.73 Å². The zero-order valence-corrected chi connectivity index (χ0v) is 10.9. The molecule has 0 bridgehead atoms. The minimum Gasteiger partial charge on any atom is -0.550 e. The predicted octanol–water partition coefficient (Wildman–Crippen LogP) is -3.44. The van der Waals surface area contributed by atoms with Gasteiger partial charge in [0.1, 0.15) is 0 Å². The van der Waals surface area contributed by atoms with E-state index in [0.29, 0.717) is 0 Å². The summed E-state index contributed by atoms with van der Waals surface area (Å²) in [5.41, 5.74) is 4.91. The minimum atomic E-state index is -1.44. The monoisotopic (exact) mass is 255 g/mol. The van der Waals surface area contributed by atoms with E-state index in [1.54, 1.807) is 0 Å². The van der Waals surface area contributed by atoms with Gasteiger partial charge in [0.2, 0.25) is 0 Å². The molecule has 2 N–H and O–H groups in total. The normalized spacial score (nSPS) is 9.76. The van der Waals surface area contributed by atoms with Crippen LogP contribution in [0.5, 0.6) is 0 Å². The van der Waals surface area contributed by atoms with Gasteiger partial charge in [0.25, 0.3) is 0 Å². The number of carbonyl (C=O) groups is 3. The molecule has 17 heavy (non-hydrogen) atoms. The van der Waals surface area contributed by atoms with E-state index in [0.717, 1.165) is 6.08 Å². The fourth-order valence-electron chi connectivity index (χ4n) is 0.475. The Morgan fingerprint density at radius 1 is 1.41 bits per heavy atom. The largest absolute Gasteiger partial charge is 2.00 e. The minimum absolute atomic E-state index is 0. The van der Waals surface area contributed by atoms with Gasteiger partial charge in [-0.25, -0.2) is 4.79 Å². The van der Waals surface area contributed by atoms with E-state index in [1.807, 2.05) is 0 Å². The second kappa shape index (κ2) is 12.9. The van der Waals surface area contributed by atoms with Gasteiger partial charge in [0, 0.05) is 18.1 Å². The molecule has 1 unspecified atom stereocenters. The van der Waals surface area contributed by atoms with Crippen LogP contribution in [0.25, 0.3) is 0 Å². The standard InChI is InChI=1S/C5H9NO4.C4H6O2.Mg/c6-3(5(9)10)1-2-4(7)8;1-3-4(5)6-2;/h3H,1-2,6H2,(H,7,8)(H,9,10);3H,1H2,2H3;/q;;+2/p-2. The predicted molar refractivity (Wildman–Crippen MR) is 55.2 cm³/mol. The maximum atomic E-state index is 9.86. The molecule has 92 valence electrons. The third-order valence-electron chi connectivity index (χ3n) is 1.33. The van der Waals surface area contributed by atoms with Gasteiger partial charge in [-0.1, -0.05) is 6.58 Å². The maximum absolute atomic E-state index is 9.86. The topological polar surface area (TPSA) is 133 Å². The van der Waals surface area contributed by atoms with Crippen molar-refractivity contribution in [2.45, 2.75) is 18.9 Å². The quantitative estimate of drug-likeness (QED) is 0.307. The molecule has 0 heterocycles. The molecule has 0 spiro atoms. The first-order valence-corrected chi connectivity index (χ1v) is 4.21. The Morgan fingerprint density at radius 2 is 1.88 bits per heavy atom. The van der Waals surface area contributed by atoms with E-state index in [9.17, 15) is 24.6 Å². The van der Waals surface area contributed by atoms with Crippen molar-refractivity contribution < 1.29 is 29.3 Å². The number of rotatable bonds is 5. The van der Waals surface area contributed by atoms with E-state index < -0.39 is 23.9 Å². The first-order valence-electron chi connectivity index (χ1n) is 4.21. The van der Waals surface area contributed by atoms with Crippen molar-refractivity contribution in [1.29, 1.82) is 0 Å². The maximum Gasteiger partial charge on any atom is 2.00 e. The van der Waals surface area contributed by atoms with Crippen LogP contribution in [0.3, 0.4) is 0 Å². The molecule has 8 heteroatoms. The van der Waals surface area contributed by atoms with Gasteiger partial charge in [-0.3, -0.25) is 0 Å². The Kier molecular flexibility index (Phi) is 16.1. The number of carboxylic acid groups (broad SMARTS) is 2. The summed E-state index contributed by atoms with van der Waals surface area (Å²) in [5, 5.41) is 19.6. The average molecular weight is 256 g/mol. The molecule has 0 aromatic rings. The number of hydrogen-bond donors (Lipinski definition) is 1. The molecule has 0 aromatic carbocycles. The fourth-order valence-corrected chi connectivity index (χ4v) is 0.475. The van der Waals surface area contributed by atoms with E-state index >= 15 is 0 Å². The zero-order valence-electron chi connectivity index (χ0n) is 9.51. The van der Waals surface area contributed by atoms with E-state index in [2.05, 4.69) is 11.3 Å². The summed E-state index contributed by atoms with van der Waals surface area (Å²) < 4.78 is 4.14. The third-order valence-corrected chi connectivity index (χ3v) is 1.33. The van der Waals surface area contributed by atoms with Gasteiger partial charge in [0.15, 0.2) is 0 Å². The molecule has 0 radical (unpaired) electrons. The van der Waals surface area contributed by atoms with Crippen molar-refractivity contribution in [3.8, 4) is 0 Å². The van der Waals surface area contributed by atoms with E-state index in [4.69, 9.17) is 5.73 Å². The molecule has 0 aliphatic heterocycles. The smallest absolute Gasteiger partial charge is 0.550 e. The Morgan fingerprint density at radius 3 is 2.06 bits per heavy atom. The summed E-state index contributed by atoms with van der Waals surface area (Å²) in [5.74, 6) is -3.15. The van der Waals surface area contributed by atoms with Crippen LogP contribution in [0.15, 0.2) is 12.7 Å². The molecule has 0 fully saturated rings. The van der Waals surface area contributed by atoms with Crippen LogP contribution in [0.1, 0.15) is 12.8 Å². The summed E-state index contributed by atoms with van der Waals surface area (Å²) >= 11 is 0. The van der Waals surface area contributed by atoms with Crippen LogP contribution in [0.2, 0.25) is 0 Å². The van der Waals surface area contributed by atoms with Gasteiger partial charge in [-0.15, -0.1) is 0 Å². The average Bonchev–Trinajstić information content (AvgIpc) is 2.25. The summed E-state index contributed by atoms with van der Waals surface area (Å²) in [4.78, 5) is 29.4. The number of hydrogen-bond acceptors (Lipinski definition) is 7. The van der Waals surface area contributed by atoms with Crippen LogP contribution in [0.4, 0.5) is 0 Å². The van der Waals surface area contributed by atoms with Crippen molar-refractivity contribution in [3.05, 3.63) is 12.7 Å². The number of aliphatic carboxylic acids is 2. The third kappa shape index (κ3) is 17.5. The Labute approximate surface area is 115 Å². The Bertz CT molecular complexity index is 268. The van der Waals surface area contributed by atoms with Gasteiger partial charge in [-0.05, 0) is 12.8 Å². The number of nitrogens with two attached hydrogens (primary N) is 1. The number of methoxy groups -OCH3 is 1. The van der Waals surface area contributed by atoms with Crippen LogP contribution < -0.4 is 15.9 Å². The molecule has 0 amide bonds. The summed E-state index contributed by atoms with van der Waals surface area (Å²) in [6.45, 7) is 3.16. The number of ether oxygens (including phenoxy) is 1. The van der Waals surface area contributed by atoms with Gasteiger partial charge < -0.3 is 30.3 Å². The SMILES string of the molecule is C=CC(=O)OC.NC(CCC(=O)[O-])C(=O)[O-].[Mg+2]. The Balaban J connectivity index is -0.000000244. The molecule has 1 atom stereocenters. The number of esters is 1. The van der Waals surface area contributed by atoms with Crippen LogP contribution in [-0.4, -0.2) is 54.1 Å². The Hall–Kier alpha value is -1.12. The van der Waals surface area contributed by atoms with Gasteiger partial charge >= 0.3 is 29.0 Å². The first-order chi connectivity index (χ1) is 7.34. The fraction of sp³-hybridized carbons (Fsp3) is 0.444. The molecule has 0 aliphatic rings. The van der Waals surface area contributed by atoms with Crippen LogP contribution in [0, 0.1) is 0 Å². The molecule has 0 aromatic heterocycles. The molecule has 7 nitrogen and oxygen atoms in total. The van der Waals surface area contributed by atoms with Gasteiger partial charge in [-0.2, -0.15) is 0 Å². The first kappa shape index (κ1) is 21.2. The van der Waals surface area contributed by atoms with Crippen molar-refractivity contribution in [2.75, 3.05) is 7.11 Å². The second-order valence-corrected chi connectivity index (χ2v) is 2.56. The summed E-state index contributed by atoms with van der Waals surface area (Å²) in [6, 6.07) is -1.21. The molecular weight excluding hydrogens is 242 g/mol. The summed E-state index contributed by atoms with van der Waals surface area (Å²) in [7, 11) is 1.31. The van der Waals surface area contributed by atoms with E-state index in [1.165, 1.54) is 7.11 Å². The molecule has 0 aliphatic carbocycles. The zero-order chi connectivity index (χ0) is 13.1. The van der Waals surface area contributed by atoms with Crippen molar-refractivity contribution in [3.63, 3.8) is 0 Å². The summed E-state index contributed by atoms with van der Waals surface area (Å²) in [6.07, 6.45) is 0.611. The van der Waals surface area contributed by atoms with Crippen molar-refractivity contribution >= 4 is 41.0 Å². The van der Waals surface area contributed by atoms with E-state index in [-0.39, 0.29) is 35.9 Å². The second-order valence-electron chi connectivity index (χ2n) is 2.56. The van der Waals surface area contributed by atoms with Gasteiger partial charge in [0.05, 0.1) is 13.1 Å². The van der Waals surface area contributed by atoms with Crippen molar-refractivity contribution in [1.82, 2.24) is 0 Å².